The van der Waals surface area contributed by atoms with Gasteiger partial charge >= 0.3 is 0 Å². The third-order valence-electron chi connectivity index (χ3n) is 2.13. The number of rotatable bonds is 0. The molecule has 0 aliphatic heterocycles. The van der Waals surface area contributed by atoms with E-state index in [1.807, 2.05) is 24.5 Å². The molecule has 2 heteroatoms. The predicted octanol–water partition coefficient (Wildman–Crippen LogP) is 2.12. The molecule has 12 heavy (non-hydrogen) atoms. The van der Waals surface area contributed by atoms with Crippen LogP contribution in [0.15, 0.2) is 36.7 Å². The smallest absolute Gasteiger partial charge is 0.0818 e. The summed E-state index contributed by atoms with van der Waals surface area (Å²) in [5.41, 5.74) is 4.52. The van der Waals surface area contributed by atoms with Crippen molar-refractivity contribution in [2.24, 2.45) is 0 Å². The van der Waals surface area contributed by atoms with E-state index in [1.54, 1.807) is 0 Å². The Hall–Kier alpha value is -1.70. The maximum absolute atomic E-state index is 4.27. The summed E-state index contributed by atoms with van der Waals surface area (Å²) in [6, 6.07) is 7.99. The Morgan fingerprint density at radius 1 is 0.750 bits per heavy atom. The molecule has 1 aliphatic rings. The molecule has 0 spiro atoms. The Morgan fingerprint density at radius 3 is 1.75 bits per heavy atom. The van der Waals surface area contributed by atoms with Crippen LogP contribution in [0.2, 0.25) is 0 Å². The molecule has 0 aromatic carbocycles. The fourth-order valence-electron chi connectivity index (χ4n) is 1.56. The molecule has 0 fully saturated rings. The van der Waals surface area contributed by atoms with Crippen LogP contribution in [-0.4, -0.2) is 9.97 Å². The van der Waals surface area contributed by atoms with E-state index in [9.17, 15) is 0 Å². The number of nitrogens with zero attached hydrogens (tertiary/aromatic N) is 2. The van der Waals surface area contributed by atoms with Crippen molar-refractivity contribution in [2.45, 2.75) is 0 Å². The van der Waals surface area contributed by atoms with Crippen molar-refractivity contribution in [1.82, 2.24) is 9.97 Å². The number of hydrogen-bond acceptors (Lipinski definition) is 2. The highest BCUT2D eigenvalue weighted by atomic mass is 14.8. The van der Waals surface area contributed by atoms with Gasteiger partial charge in [-0.1, -0.05) is 0 Å². The van der Waals surface area contributed by atoms with Gasteiger partial charge in [0.2, 0.25) is 0 Å². The molecule has 0 amide bonds. The second-order valence-electron chi connectivity index (χ2n) is 2.80. The summed E-state index contributed by atoms with van der Waals surface area (Å²) in [5, 5.41) is 0. The Labute approximate surface area is 69.9 Å². The SMILES string of the molecule is c1cnc2c(c1)-c1ncccc1-2. The van der Waals surface area contributed by atoms with Gasteiger partial charge in [-0.2, -0.15) is 0 Å². The average molecular weight is 154 g/mol. The summed E-state index contributed by atoms with van der Waals surface area (Å²) in [5.74, 6) is 0. The van der Waals surface area contributed by atoms with Gasteiger partial charge in [-0.05, 0) is 24.3 Å². The van der Waals surface area contributed by atoms with Crippen LogP contribution in [0.3, 0.4) is 0 Å². The zero-order valence-corrected chi connectivity index (χ0v) is 6.36. The number of hydrogen-bond donors (Lipinski definition) is 0. The maximum Gasteiger partial charge on any atom is 0.0818 e. The highest BCUT2D eigenvalue weighted by Crippen LogP contribution is 2.42. The second kappa shape index (κ2) is 1.91. The third kappa shape index (κ3) is 0.552. The largest absolute Gasteiger partial charge is 0.255 e. The molecule has 0 atom stereocenters. The summed E-state index contributed by atoms with van der Waals surface area (Å²) in [4.78, 5) is 8.53. The Balaban J connectivity index is 2.34. The quantitative estimate of drug-likeness (QED) is 0.495. The van der Waals surface area contributed by atoms with Gasteiger partial charge in [0, 0.05) is 23.5 Å². The molecule has 0 bridgehead atoms. The average Bonchev–Trinajstić information content (AvgIpc) is 2.14. The fraction of sp³-hybridized carbons (Fsp3) is 0. The van der Waals surface area contributed by atoms with E-state index >= 15 is 0 Å². The van der Waals surface area contributed by atoms with Crippen LogP contribution in [0.25, 0.3) is 22.5 Å². The van der Waals surface area contributed by atoms with Crippen molar-refractivity contribution in [3.05, 3.63) is 36.7 Å². The van der Waals surface area contributed by atoms with Crippen molar-refractivity contribution >= 4 is 0 Å². The summed E-state index contributed by atoms with van der Waals surface area (Å²) in [7, 11) is 0. The highest BCUT2D eigenvalue weighted by molar-refractivity contribution is 5.97. The molecule has 2 heterocycles. The van der Waals surface area contributed by atoms with Gasteiger partial charge in [0.25, 0.3) is 0 Å². The van der Waals surface area contributed by atoms with Crippen LogP contribution in [-0.2, 0) is 0 Å². The lowest BCUT2D eigenvalue weighted by Crippen LogP contribution is -2.02. The zero-order chi connectivity index (χ0) is 7.97. The molecule has 2 aromatic heterocycles. The first kappa shape index (κ1) is 5.89. The first-order valence-corrected chi connectivity index (χ1v) is 3.87. The summed E-state index contributed by atoms with van der Waals surface area (Å²) in [6.45, 7) is 0. The number of pyridine rings is 2. The first-order valence-electron chi connectivity index (χ1n) is 3.87. The van der Waals surface area contributed by atoms with E-state index in [1.165, 1.54) is 11.1 Å². The Bertz CT molecular complexity index is 349. The summed E-state index contributed by atoms with van der Waals surface area (Å²) in [6.07, 6.45) is 3.63. The zero-order valence-electron chi connectivity index (χ0n) is 6.36. The predicted molar refractivity (Wildman–Crippen MR) is 46.5 cm³/mol. The van der Waals surface area contributed by atoms with Gasteiger partial charge in [0.1, 0.15) is 0 Å². The molecular weight excluding hydrogens is 148 g/mol. The molecule has 2 aromatic rings. The van der Waals surface area contributed by atoms with Crippen molar-refractivity contribution in [1.29, 1.82) is 0 Å². The molecule has 0 saturated heterocycles. The fourth-order valence-corrected chi connectivity index (χ4v) is 1.56. The normalized spacial score (nSPS) is 11.3. The van der Waals surface area contributed by atoms with Crippen LogP contribution in [0.5, 0.6) is 0 Å². The van der Waals surface area contributed by atoms with E-state index in [2.05, 4.69) is 22.1 Å². The molecular formula is C10H6N2. The summed E-state index contributed by atoms with van der Waals surface area (Å²) >= 11 is 0. The van der Waals surface area contributed by atoms with Crippen molar-refractivity contribution in [2.75, 3.05) is 0 Å². The number of fused-ring (bicyclic) bond motifs is 4. The van der Waals surface area contributed by atoms with E-state index < -0.39 is 0 Å². The van der Waals surface area contributed by atoms with Crippen LogP contribution in [0.1, 0.15) is 0 Å². The van der Waals surface area contributed by atoms with Crippen molar-refractivity contribution in [3.63, 3.8) is 0 Å². The lowest BCUT2D eigenvalue weighted by Gasteiger charge is -2.19. The highest BCUT2D eigenvalue weighted by Gasteiger charge is 2.23. The minimum atomic E-state index is 1.08. The molecule has 0 saturated carbocycles. The molecule has 2 nitrogen and oxygen atoms in total. The van der Waals surface area contributed by atoms with Gasteiger partial charge in [0.05, 0.1) is 11.4 Å². The monoisotopic (exact) mass is 154 g/mol. The van der Waals surface area contributed by atoms with Crippen LogP contribution < -0.4 is 0 Å². The van der Waals surface area contributed by atoms with Crippen LogP contribution in [0.4, 0.5) is 0 Å². The first-order chi connectivity index (χ1) is 5.97. The Morgan fingerprint density at radius 2 is 1.25 bits per heavy atom. The van der Waals surface area contributed by atoms with Gasteiger partial charge in [-0.15, -0.1) is 0 Å². The van der Waals surface area contributed by atoms with Gasteiger partial charge in [0.15, 0.2) is 0 Å². The lowest BCUT2D eigenvalue weighted by atomic mass is 9.90. The molecule has 0 unspecified atom stereocenters. The van der Waals surface area contributed by atoms with E-state index in [-0.39, 0.29) is 0 Å². The standard InChI is InChI=1S/C10H6N2/c1-3-7-9(11-5-1)8-4-2-6-12-10(7)8/h1-6H. The minimum Gasteiger partial charge on any atom is -0.255 e. The van der Waals surface area contributed by atoms with Crippen molar-refractivity contribution < 1.29 is 0 Å². The second-order valence-corrected chi connectivity index (χ2v) is 2.80. The molecule has 56 valence electrons. The van der Waals surface area contributed by atoms with E-state index in [0.29, 0.717) is 0 Å². The van der Waals surface area contributed by atoms with Gasteiger partial charge < -0.3 is 0 Å². The van der Waals surface area contributed by atoms with Crippen LogP contribution in [0, 0.1) is 0 Å². The Kier molecular flexibility index (Phi) is 0.939. The molecule has 0 radical (unpaired) electrons. The molecule has 3 rings (SSSR count). The number of aromatic nitrogens is 2. The summed E-state index contributed by atoms with van der Waals surface area (Å²) < 4.78 is 0. The topological polar surface area (TPSA) is 25.8 Å². The van der Waals surface area contributed by atoms with Crippen LogP contribution >= 0.6 is 0 Å². The van der Waals surface area contributed by atoms with Crippen molar-refractivity contribution in [3.8, 4) is 22.5 Å². The van der Waals surface area contributed by atoms with E-state index in [0.717, 1.165) is 11.4 Å². The third-order valence-corrected chi connectivity index (χ3v) is 2.13. The van der Waals surface area contributed by atoms with Gasteiger partial charge in [-0.25, -0.2) is 0 Å². The van der Waals surface area contributed by atoms with E-state index in [4.69, 9.17) is 0 Å². The molecule has 1 aliphatic carbocycles. The minimum absolute atomic E-state index is 1.08. The van der Waals surface area contributed by atoms with Gasteiger partial charge in [-0.3, -0.25) is 9.97 Å². The maximum atomic E-state index is 4.27. The lowest BCUT2D eigenvalue weighted by molar-refractivity contribution is 1.22. The molecule has 0 N–H and O–H groups in total.